The molecule has 4 nitrogen and oxygen atoms in total. The van der Waals surface area contributed by atoms with Crippen LogP contribution in [0.25, 0.3) is 0 Å². The third kappa shape index (κ3) is 2.12. The van der Waals surface area contributed by atoms with E-state index in [9.17, 15) is 4.79 Å². The summed E-state index contributed by atoms with van der Waals surface area (Å²) in [7, 11) is 2.18. The van der Waals surface area contributed by atoms with Gasteiger partial charge in [0.1, 0.15) is 11.8 Å². The van der Waals surface area contributed by atoms with Crippen LogP contribution in [0.15, 0.2) is 12.3 Å². The maximum atomic E-state index is 12.6. The van der Waals surface area contributed by atoms with Crippen LogP contribution in [0, 0.1) is 24.2 Å². The zero-order valence-electron chi connectivity index (χ0n) is 12.0. The number of carbonyl (C=O) groups excluding carboxylic acids is 1. The first-order valence-electron chi connectivity index (χ1n) is 7.23. The SMILES string of the molecule is Cc1cc(C(=O)C2CC3CCC(C2)N3C)cnc1C#N. The third-order valence-electron chi connectivity index (χ3n) is 4.94. The van der Waals surface area contributed by atoms with Gasteiger partial charge in [0.05, 0.1) is 0 Å². The maximum Gasteiger partial charge on any atom is 0.167 e. The van der Waals surface area contributed by atoms with Crippen LogP contribution in [0.1, 0.15) is 47.3 Å². The molecule has 2 aliphatic rings. The first-order valence-corrected chi connectivity index (χ1v) is 7.23. The number of aryl methyl sites for hydroxylation is 1. The Balaban J connectivity index is 1.80. The van der Waals surface area contributed by atoms with Gasteiger partial charge in [-0.3, -0.25) is 4.79 Å². The Morgan fingerprint density at radius 2 is 2.05 bits per heavy atom. The predicted molar refractivity (Wildman–Crippen MR) is 75.3 cm³/mol. The fourth-order valence-electron chi connectivity index (χ4n) is 3.69. The molecule has 2 unspecified atom stereocenters. The maximum absolute atomic E-state index is 12.6. The molecule has 0 aliphatic carbocycles. The van der Waals surface area contributed by atoms with Crippen LogP contribution < -0.4 is 0 Å². The lowest BCUT2D eigenvalue weighted by atomic mass is 9.85. The normalized spacial score (nSPS) is 29.1. The lowest BCUT2D eigenvalue weighted by molar-refractivity contribution is 0.0766. The van der Waals surface area contributed by atoms with Gasteiger partial charge in [0.15, 0.2) is 5.78 Å². The first kappa shape index (κ1) is 13.3. The first-order chi connectivity index (χ1) is 9.60. The van der Waals surface area contributed by atoms with Gasteiger partial charge in [0, 0.05) is 29.8 Å². The highest BCUT2D eigenvalue weighted by Crippen LogP contribution is 2.38. The van der Waals surface area contributed by atoms with Gasteiger partial charge in [-0.2, -0.15) is 5.26 Å². The van der Waals surface area contributed by atoms with E-state index >= 15 is 0 Å². The molecule has 1 aromatic rings. The molecule has 2 aliphatic heterocycles. The van der Waals surface area contributed by atoms with Gasteiger partial charge in [-0.25, -0.2) is 4.98 Å². The number of Topliss-reactive ketones (excluding diaryl/α,β-unsaturated/α-hetero) is 1. The molecule has 0 radical (unpaired) electrons. The Bertz CT molecular complexity index is 576. The van der Waals surface area contributed by atoms with Crippen molar-refractivity contribution >= 4 is 5.78 Å². The van der Waals surface area contributed by atoms with E-state index in [-0.39, 0.29) is 11.7 Å². The fourth-order valence-corrected chi connectivity index (χ4v) is 3.69. The molecular formula is C16H19N3O. The Morgan fingerprint density at radius 3 is 2.60 bits per heavy atom. The Labute approximate surface area is 119 Å². The van der Waals surface area contributed by atoms with Gasteiger partial charge in [0.2, 0.25) is 0 Å². The summed E-state index contributed by atoms with van der Waals surface area (Å²) in [4.78, 5) is 19.2. The Hall–Kier alpha value is -1.73. The number of pyridine rings is 1. The molecule has 4 heteroatoms. The van der Waals surface area contributed by atoms with Gasteiger partial charge in [-0.15, -0.1) is 0 Å². The number of carbonyl (C=O) groups is 1. The smallest absolute Gasteiger partial charge is 0.167 e. The van der Waals surface area contributed by atoms with Crippen LogP contribution >= 0.6 is 0 Å². The van der Waals surface area contributed by atoms with Gasteiger partial charge in [-0.05, 0) is 51.3 Å². The molecule has 2 atom stereocenters. The second-order valence-electron chi connectivity index (χ2n) is 6.08. The summed E-state index contributed by atoms with van der Waals surface area (Å²) in [6.45, 7) is 1.83. The zero-order valence-corrected chi connectivity index (χ0v) is 12.0. The number of hydrogen-bond donors (Lipinski definition) is 0. The summed E-state index contributed by atoms with van der Waals surface area (Å²) in [5.41, 5.74) is 1.86. The number of piperidine rings is 1. The van der Waals surface area contributed by atoms with E-state index in [2.05, 4.69) is 16.9 Å². The summed E-state index contributed by atoms with van der Waals surface area (Å²) in [6.07, 6.45) is 5.93. The largest absolute Gasteiger partial charge is 0.300 e. The van der Waals surface area contributed by atoms with Crippen LogP contribution in [0.4, 0.5) is 0 Å². The Morgan fingerprint density at radius 1 is 1.40 bits per heavy atom. The zero-order chi connectivity index (χ0) is 14.3. The monoisotopic (exact) mass is 269 g/mol. The third-order valence-corrected chi connectivity index (χ3v) is 4.94. The quantitative estimate of drug-likeness (QED) is 0.773. The van der Waals surface area contributed by atoms with Crippen molar-refractivity contribution < 1.29 is 4.79 Å². The van der Waals surface area contributed by atoms with Crippen molar-refractivity contribution in [3.8, 4) is 6.07 Å². The molecule has 3 rings (SSSR count). The molecule has 0 saturated carbocycles. The van der Waals surface area contributed by atoms with Crippen molar-refractivity contribution in [1.29, 1.82) is 5.26 Å². The molecule has 2 saturated heterocycles. The molecule has 0 amide bonds. The average molecular weight is 269 g/mol. The molecule has 2 fully saturated rings. The van der Waals surface area contributed by atoms with Gasteiger partial charge < -0.3 is 4.90 Å². The molecule has 0 aromatic carbocycles. The minimum atomic E-state index is 0.123. The summed E-state index contributed by atoms with van der Waals surface area (Å²) in [5.74, 6) is 0.327. The number of aromatic nitrogens is 1. The van der Waals surface area contributed by atoms with Crippen LogP contribution in [0.3, 0.4) is 0 Å². The van der Waals surface area contributed by atoms with Crippen LogP contribution in [-0.4, -0.2) is 34.8 Å². The van der Waals surface area contributed by atoms with Crippen molar-refractivity contribution in [3.05, 3.63) is 29.1 Å². The number of rotatable bonds is 2. The molecule has 0 spiro atoms. The van der Waals surface area contributed by atoms with E-state index in [1.807, 2.05) is 19.1 Å². The molecule has 0 N–H and O–H groups in total. The molecule has 20 heavy (non-hydrogen) atoms. The lowest BCUT2D eigenvalue weighted by Crippen LogP contribution is -2.42. The minimum Gasteiger partial charge on any atom is -0.300 e. The van der Waals surface area contributed by atoms with Crippen LogP contribution in [0.2, 0.25) is 0 Å². The molecule has 1 aromatic heterocycles. The lowest BCUT2D eigenvalue weighted by Gasteiger charge is -2.35. The van der Waals surface area contributed by atoms with Gasteiger partial charge in [-0.1, -0.05) is 0 Å². The van der Waals surface area contributed by atoms with Crippen molar-refractivity contribution in [2.45, 2.75) is 44.7 Å². The van der Waals surface area contributed by atoms with Crippen LogP contribution in [-0.2, 0) is 0 Å². The van der Waals surface area contributed by atoms with Gasteiger partial charge in [0.25, 0.3) is 0 Å². The average Bonchev–Trinajstić information content (AvgIpc) is 2.67. The number of hydrogen-bond acceptors (Lipinski definition) is 4. The minimum absolute atomic E-state index is 0.123. The fraction of sp³-hybridized carbons (Fsp3) is 0.562. The number of ketones is 1. The van der Waals surface area contributed by atoms with E-state index in [0.29, 0.717) is 23.3 Å². The number of nitriles is 1. The van der Waals surface area contributed by atoms with E-state index in [0.717, 1.165) is 18.4 Å². The molecule has 104 valence electrons. The number of nitrogens with zero attached hydrogens (tertiary/aromatic N) is 3. The number of fused-ring (bicyclic) bond motifs is 2. The van der Waals surface area contributed by atoms with Gasteiger partial charge >= 0.3 is 0 Å². The Kier molecular flexibility index (Phi) is 3.31. The second kappa shape index (κ2) is 4.99. The van der Waals surface area contributed by atoms with E-state index in [4.69, 9.17) is 5.26 Å². The highest BCUT2D eigenvalue weighted by atomic mass is 16.1. The van der Waals surface area contributed by atoms with E-state index in [1.54, 1.807) is 6.20 Å². The summed E-state index contributed by atoms with van der Waals surface area (Å²) in [6, 6.07) is 4.99. The van der Waals surface area contributed by atoms with Crippen molar-refractivity contribution in [2.75, 3.05) is 7.05 Å². The predicted octanol–water partition coefficient (Wildman–Crippen LogP) is 2.32. The van der Waals surface area contributed by atoms with Crippen molar-refractivity contribution in [3.63, 3.8) is 0 Å². The van der Waals surface area contributed by atoms with E-state index in [1.165, 1.54) is 12.8 Å². The molecular weight excluding hydrogens is 250 g/mol. The molecule has 3 heterocycles. The molecule has 2 bridgehead atoms. The van der Waals surface area contributed by atoms with Crippen molar-refractivity contribution in [2.24, 2.45) is 5.92 Å². The summed E-state index contributed by atoms with van der Waals surface area (Å²) >= 11 is 0. The topological polar surface area (TPSA) is 57.0 Å². The second-order valence-corrected chi connectivity index (χ2v) is 6.08. The van der Waals surface area contributed by atoms with Crippen LogP contribution in [0.5, 0.6) is 0 Å². The summed E-state index contributed by atoms with van der Waals surface area (Å²) < 4.78 is 0. The van der Waals surface area contributed by atoms with E-state index < -0.39 is 0 Å². The highest BCUT2D eigenvalue weighted by molar-refractivity contribution is 5.98. The standard InChI is InChI=1S/C16H19N3O/c1-10-5-12(9-18-15(10)8-17)16(20)11-6-13-3-4-14(7-11)19(13)2/h5,9,11,13-14H,3-4,6-7H2,1-2H3. The highest BCUT2D eigenvalue weighted by Gasteiger charge is 2.41. The van der Waals surface area contributed by atoms with Crippen molar-refractivity contribution in [1.82, 2.24) is 9.88 Å². The summed E-state index contributed by atoms with van der Waals surface area (Å²) in [5, 5.41) is 8.90.